The summed E-state index contributed by atoms with van der Waals surface area (Å²) in [5.74, 6) is 1.17. The van der Waals surface area contributed by atoms with Gasteiger partial charge in [0.1, 0.15) is 5.82 Å². The first kappa shape index (κ1) is 8.92. The zero-order valence-corrected chi connectivity index (χ0v) is 8.69. The van der Waals surface area contributed by atoms with Gasteiger partial charge >= 0.3 is 0 Å². The molecule has 15 heavy (non-hydrogen) atoms. The van der Waals surface area contributed by atoms with Gasteiger partial charge in [0.2, 0.25) is 0 Å². The Kier molecular flexibility index (Phi) is 2.18. The van der Waals surface area contributed by atoms with Crippen LogP contribution in [0.1, 0.15) is 18.7 Å². The Balaban J connectivity index is 1.90. The van der Waals surface area contributed by atoms with Crippen LogP contribution in [0.25, 0.3) is 5.52 Å². The number of pyridine rings is 1. The highest BCUT2D eigenvalue weighted by Crippen LogP contribution is 2.13. The van der Waals surface area contributed by atoms with E-state index in [0.717, 1.165) is 13.0 Å². The van der Waals surface area contributed by atoms with E-state index in [4.69, 9.17) is 0 Å². The number of hydrogen-bond acceptors (Lipinski definition) is 2. The second kappa shape index (κ2) is 3.66. The van der Waals surface area contributed by atoms with Crippen LogP contribution in [0.5, 0.6) is 0 Å². The summed E-state index contributed by atoms with van der Waals surface area (Å²) in [6, 6.07) is 6.82. The van der Waals surface area contributed by atoms with Gasteiger partial charge in [0.25, 0.3) is 0 Å². The van der Waals surface area contributed by atoms with Gasteiger partial charge in [-0.1, -0.05) is 6.07 Å². The molecular formula is C12H15N3. The zero-order valence-electron chi connectivity index (χ0n) is 8.69. The Morgan fingerprint density at radius 2 is 2.47 bits per heavy atom. The summed E-state index contributed by atoms with van der Waals surface area (Å²) in [4.78, 5) is 4.48. The zero-order chi connectivity index (χ0) is 10.1. The molecule has 1 aliphatic rings. The van der Waals surface area contributed by atoms with Gasteiger partial charge in [0, 0.05) is 18.7 Å². The summed E-state index contributed by atoms with van der Waals surface area (Å²) in [7, 11) is 0. The van der Waals surface area contributed by atoms with E-state index in [1.807, 2.05) is 6.20 Å². The Bertz CT molecular complexity index is 455. The van der Waals surface area contributed by atoms with Crippen LogP contribution in [0.4, 0.5) is 0 Å². The standard InChI is InChI=1S/C12H15N3/c1-2-7-15-11(5-1)9-14-12(15)8-10-4-3-6-13-10/h1-2,5,7,9-10,13H,3-4,6,8H2. The number of rotatable bonds is 2. The van der Waals surface area contributed by atoms with Crippen molar-refractivity contribution < 1.29 is 0 Å². The SMILES string of the molecule is c1ccn2c(CC3CCCN3)ncc2c1. The van der Waals surface area contributed by atoms with Gasteiger partial charge in [-0.2, -0.15) is 0 Å². The van der Waals surface area contributed by atoms with E-state index in [-0.39, 0.29) is 0 Å². The summed E-state index contributed by atoms with van der Waals surface area (Å²) in [6.45, 7) is 1.16. The molecule has 3 rings (SSSR count). The molecule has 1 fully saturated rings. The van der Waals surface area contributed by atoms with Gasteiger partial charge in [0.15, 0.2) is 0 Å². The van der Waals surface area contributed by atoms with E-state index in [9.17, 15) is 0 Å². The first-order valence-electron chi connectivity index (χ1n) is 5.58. The molecule has 0 amide bonds. The fourth-order valence-electron chi connectivity index (χ4n) is 2.30. The Morgan fingerprint density at radius 3 is 3.33 bits per heavy atom. The highest BCUT2D eigenvalue weighted by molar-refractivity contribution is 5.45. The quantitative estimate of drug-likeness (QED) is 0.800. The van der Waals surface area contributed by atoms with E-state index in [0.29, 0.717) is 6.04 Å². The second-order valence-corrected chi connectivity index (χ2v) is 4.17. The van der Waals surface area contributed by atoms with Gasteiger partial charge in [-0.25, -0.2) is 4.98 Å². The normalized spacial score (nSPS) is 21.2. The first-order valence-corrected chi connectivity index (χ1v) is 5.58. The molecule has 1 aliphatic heterocycles. The topological polar surface area (TPSA) is 29.3 Å². The van der Waals surface area contributed by atoms with E-state index in [1.165, 1.54) is 24.2 Å². The van der Waals surface area contributed by atoms with Crippen molar-refractivity contribution in [3.8, 4) is 0 Å². The molecule has 2 aromatic rings. The molecule has 0 bridgehead atoms. The summed E-state index contributed by atoms with van der Waals surface area (Å²) in [5, 5.41) is 3.51. The van der Waals surface area contributed by atoms with Gasteiger partial charge in [-0.15, -0.1) is 0 Å². The van der Waals surface area contributed by atoms with Gasteiger partial charge in [0.05, 0.1) is 11.7 Å². The number of hydrogen-bond donors (Lipinski definition) is 1. The van der Waals surface area contributed by atoms with Crippen LogP contribution in [0.3, 0.4) is 0 Å². The minimum absolute atomic E-state index is 0.621. The van der Waals surface area contributed by atoms with E-state index < -0.39 is 0 Å². The highest BCUT2D eigenvalue weighted by atomic mass is 15.0. The molecule has 3 heteroatoms. The maximum Gasteiger partial charge on any atom is 0.114 e. The van der Waals surface area contributed by atoms with E-state index >= 15 is 0 Å². The average molecular weight is 201 g/mol. The van der Waals surface area contributed by atoms with Crippen LogP contribution in [-0.4, -0.2) is 22.0 Å². The molecule has 0 aliphatic carbocycles. The van der Waals surface area contributed by atoms with E-state index in [1.54, 1.807) is 0 Å². The molecule has 1 unspecified atom stereocenters. The lowest BCUT2D eigenvalue weighted by atomic mass is 10.1. The molecule has 1 saturated heterocycles. The fourth-order valence-corrected chi connectivity index (χ4v) is 2.30. The number of nitrogens with zero attached hydrogens (tertiary/aromatic N) is 2. The summed E-state index contributed by atoms with van der Waals surface area (Å²) in [5.41, 5.74) is 1.19. The van der Waals surface area contributed by atoms with Crippen molar-refractivity contribution in [1.29, 1.82) is 0 Å². The van der Waals surface area contributed by atoms with Crippen LogP contribution in [0.2, 0.25) is 0 Å². The molecule has 1 atom stereocenters. The van der Waals surface area contributed by atoms with Crippen molar-refractivity contribution >= 4 is 5.52 Å². The van der Waals surface area contributed by atoms with Crippen LogP contribution >= 0.6 is 0 Å². The molecule has 0 aromatic carbocycles. The maximum absolute atomic E-state index is 4.48. The van der Waals surface area contributed by atoms with Crippen molar-refractivity contribution in [2.45, 2.75) is 25.3 Å². The van der Waals surface area contributed by atoms with Crippen molar-refractivity contribution in [1.82, 2.24) is 14.7 Å². The number of aromatic nitrogens is 2. The van der Waals surface area contributed by atoms with Crippen molar-refractivity contribution in [3.05, 3.63) is 36.4 Å². The smallest absolute Gasteiger partial charge is 0.114 e. The van der Waals surface area contributed by atoms with Crippen LogP contribution in [0.15, 0.2) is 30.6 Å². The Hall–Kier alpha value is -1.35. The van der Waals surface area contributed by atoms with Gasteiger partial charge in [-0.3, -0.25) is 0 Å². The first-order chi connectivity index (χ1) is 7.43. The van der Waals surface area contributed by atoms with Crippen LogP contribution in [0, 0.1) is 0 Å². The van der Waals surface area contributed by atoms with Crippen molar-refractivity contribution in [2.24, 2.45) is 0 Å². The number of fused-ring (bicyclic) bond motifs is 1. The predicted octanol–water partition coefficient (Wildman–Crippen LogP) is 1.63. The monoisotopic (exact) mass is 201 g/mol. The average Bonchev–Trinajstić information content (AvgIpc) is 2.89. The minimum atomic E-state index is 0.621. The Morgan fingerprint density at radius 1 is 1.47 bits per heavy atom. The molecule has 1 N–H and O–H groups in total. The summed E-state index contributed by atoms with van der Waals surface area (Å²) >= 11 is 0. The summed E-state index contributed by atoms with van der Waals surface area (Å²) in [6.07, 6.45) is 7.66. The lowest BCUT2D eigenvalue weighted by Gasteiger charge is -2.08. The van der Waals surface area contributed by atoms with Crippen molar-refractivity contribution in [3.63, 3.8) is 0 Å². The van der Waals surface area contributed by atoms with Gasteiger partial charge < -0.3 is 9.72 Å². The summed E-state index contributed by atoms with van der Waals surface area (Å²) < 4.78 is 2.18. The van der Waals surface area contributed by atoms with Gasteiger partial charge in [-0.05, 0) is 31.5 Å². The third-order valence-electron chi connectivity index (χ3n) is 3.11. The molecule has 3 heterocycles. The lowest BCUT2D eigenvalue weighted by molar-refractivity contribution is 0.584. The number of nitrogens with one attached hydrogen (secondary N) is 1. The number of imidazole rings is 1. The lowest BCUT2D eigenvalue weighted by Crippen LogP contribution is -2.24. The second-order valence-electron chi connectivity index (χ2n) is 4.17. The third-order valence-corrected chi connectivity index (χ3v) is 3.11. The Labute approximate surface area is 89.1 Å². The molecule has 3 nitrogen and oxygen atoms in total. The molecule has 0 spiro atoms. The molecule has 0 saturated carbocycles. The van der Waals surface area contributed by atoms with Crippen LogP contribution < -0.4 is 5.32 Å². The molecule has 0 radical (unpaired) electrons. The van der Waals surface area contributed by atoms with Crippen LogP contribution in [-0.2, 0) is 6.42 Å². The van der Waals surface area contributed by atoms with E-state index in [2.05, 4.69) is 39.1 Å². The highest BCUT2D eigenvalue weighted by Gasteiger charge is 2.16. The third kappa shape index (κ3) is 1.63. The fraction of sp³-hybridized carbons (Fsp3) is 0.417. The predicted molar refractivity (Wildman–Crippen MR) is 59.9 cm³/mol. The molecule has 2 aromatic heterocycles. The molecular weight excluding hydrogens is 186 g/mol. The molecule has 78 valence electrons. The van der Waals surface area contributed by atoms with Crippen molar-refractivity contribution in [2.75, 3.05) is 6.54 Å². The maximum atomic E-state index is 4.48. The minimum Gasteiger partial charge on any atom is -0.314 e. The largest absolute Gasteiger partial charge is 0.314 e.